The molecule has 1 spiro atoms. The molecule has 4 nitrogen and oxygen atoms in total. The molecule has 2 aromatic carbocycles. The lowest BCUT2D eigenvalue weighted by atomic mass is 10.0. The predicted octanol–water partition coefficient (Wildman–Crippen LogP) is 3.36. The lowest BCUT2D eigenvalue weighted by Crippen LogP contribution is -2.47. The Hall–Kier alpha value is -2.05. The van der Waals surface area contributed by atoms with Crippen LogP contribution in [0.25, 0.3) is 0 Å². The summed E-state index contributed by atoms with van der Waals surface area (Å²) < 4.78 is 13.2. The molecule has 1 saturated heterocycles. The summed E-state index contributed by atoms with van der Waals surface area (Å²) in [6, 6.07) is 10.6. The van der Waals surface area contributed by atoms with Gasteiger partial charge in [0.1, 0.15) is 5.82 Å². The Balaban J connectivity index is 1.93. The molecule has 1 N–H and O–H groups in total. The van der Waals surface area contributed by atoms with Crippen molar-refractivity contribution in [1.29, 1.82) is 0 Å². The zero-order valence-corrected chi connectivity index (χ0v) is 13.2. The summed E-state index contributed by atoms with van der Waals surface area (Å²) in [6.45, 7) is 0. The van der Waals surface area contributed by atoms with Crippen molar-refractivity contribution in [3.63, 3.8) is 0 Å². The van der Waals surface area contributed by atoms with Gasteiger partial charge in [-0.2, -0.15) is 0 Å². The van der Waals surface area contributed by atoms with Crippen LogP contribution in [-0.2, 0) is 14.5 Å². The van der Waals surface area contributed by atoms with Crippen LogP contribution in [0.15, 0.2) is 42.5 Å². The molecular formula is C16H10ClFN2O2S. The van der Waals surface area contributed by atoms with Crippen LogP contribution in [0.3, 0.4) is 0 Å². The summed E-state index contributed by atoms with van der Waals surface area (Å²) >= 11 is 7.32. The Kier molecular flexibility index (Phi) is 3.14. The number of fused-ring (bicyclic) bond motifs is 2. The topological polar surface area (TPSA) is 49.4 Å². The van der Waals surface area contributed by atoms with Crippen molar-refractivity contribution in [3.8, 4) is 0 Å². The number of amides is 2. The minimum absolute atomic E-state index is 0.163. The van der Waals surface area contributed by atoms with Crippen LogP contribution in [0.4, 0.5) is 15.8 Å². The van der Waals surface area contributed by atoms with Gasteiger partial charge in [-0.25, -0.2) is 4.39 Å². The van der Waals surface area contributed by atoms with E-state index in [2.05, 4.69) is 5.32 Å². The van der Waals surface area contributed by atoms with Crippen LogP contribution >= 0.6 is 23.4 Å². The van der Waals surface area contributed by atoms with E-state index >= 15 is 0 Å². The molecule has 0 radical (unpaired) electrons. The first kappa shape index (κ1) is 14.5. The minimum Gasteiger partial charge on any atom is -0.323 e. The van der Waals surface area contributed by atoms with Gasteiger partial charge < -0.3 is 5.32 Å². The fourth-order valence-corrected chi connectivity index (χ4v) is 4.46. The monoisotopic (exact) mass is 348 g/mol. The Morgan fingerprint density at radius 3 is 2.65 bits per heavy atom. The molecule has 0 aromatic heterocycles. The number of rotatable bonds is 1. The van der Waals surface area contributed by atoms with Gasteiger partial charge in [-0.3, -0.25) is 14.5 Å². The van der Waals surface area contributed by atoms with Crippen LogP contribution in [0, 0.1) is 5.82 Å². The largest absolute Gasteiger partial charge is 0.323 e. The van der Waals surface area contributed by atoms with E-state index in [0.29, 0.717) is 22.0 Å². The molecule has 1 atom stereocenters. The Labute approximate surface area is 140 Å². The molecule has 2 aromatic rings. The van der Waals surface area contributed by atoms with E-state index in [-0.39, 0.29) is 17.6 Å². The third-order valence-corrected chi connectivity index (χ3v) is 5.59. The van der Waals surface area contributed by atoms with Gasteiger partial charge in [0, 0.05) is 22.0 Å². The molecular weight excluding hydrogens is 339 g/mol. The van der Waals surface area contributed by atoms with Crippen molar-refractivity contribution in [1.82, 2.24) is 0 Å². The molecule has 2 amide bonds. The zero-order valence-electron chi connectivity index (χ0n) is 11.7. The second-order valence-electron chi connectivity index (χ2n) is 5.28. The second kappa shape index (κ2) is 4.97. The van der Waals surface area contributed by atoms with Crippen LogP contribution in [0.5, 0.6) is 0 Å². The molecule has 23 heavy (non-hydrogen) atoms. The van der Waals surface area contributed by atoms with E-state index in [1.807, 2.05) is 0 Å². The zero-order chi connectivity index (χ0) is 16.2. The highest BCUT2D eigenvalue weighted by Gasteiger charge is 2.58. The Morgan fingerprint density at radius 2 is 1.91 bits per heavy atom. The SMILES string of the molecule is O=C1CS[C@]2(C(=O)Nc3ccc(Cl)cc32)N1c1ccc(F)cc1. The third kappa shape index (κ3) is 1.98. The van der Waals surface area contributed by atoms with Crippen molar-refractivity contribution in [2.75, 3.05) is 16.0 Å². The van der Waals surface area contributed by atoms with Gasteiger partial charge in [0.05, 0.1) is 5.75 Å². The molecule has 0 unspecified atom stereocenters. The number of anilines is 2. The number of hydrogen-bond acceptors (Lipinski definition) is 3. The Morgan fingerprint density at radius 1 is 1.17 bits per heavy atom. The van der Waals surface area contributed by atoms with E-state index in [9.17, 15) is 14.0 Å². The first-order chi connectivity index (χ1) is 11.0. The van der Waals surface area contributed by atoms with Gasteiger partial charge in [0.2, 0.25) is 10.8 Å². The van der Waals surface area contributed by atoms with Gasteiger partial charge in [-0.15, -0.1) is 11.8 Å². The van der Waals surface area contributed by atoms with Crippen molar-refractivity contribution >= 4 is 46.6 Å². The molecule has 4 rings (SSSR count). The maximum Gasteiger partial charge on any atom is 0.266 e. The van der Waals surface area contributed by atoms with E-state index in [4.69, 9.17) is 11.6 Å². The van der Waals surface area contributed by atoms with Crippen molar-refractivity contribution in [2.45, 2.75) is 4.87 Å². The summed E-state index contributed by atoms with van der Waals surface area (Å²) in [5.74, 6) is -0.738. The van der Waals surface area contributed by atoms with E-state index in [1.54, 1.807) is 18.2 Å². The summed E-state index contributed by atoms with van der Waals surface area (Å²) in [7, 11) is 0. The lowest BCUT2D eigenvalue weighted by Gasteiger charge is -2.32. The van der Waals surface area contributed by atoms with Gasteiger partial charge in [-0.05, 0) is 42.5 Å². The number of thioether (sulfide) groups is 1. The van der Waals surface area contributed by atoms with Crippen LogP contribution in [-0.4, -0.2) is 17.6 Å². The average molecular weight is 349 g/mol. The normalized spacial score (nSPS) is 22.6. The molecule has 7 heteroatoms. The number of carbonyl (C=O) groups is 2. The highest BCUT2D eigenvalue weighted by molar-refractivity contribution is 8.02. The van der Waals surface area contributed by atoms with E-state index < -0.39 is 10.7 Å². The number of carbonyl (C=O) groups excluding carboxylic acids is 2. The standard InChI is InChI=1S/C16H10ClFN2O2S/c17-9-1-6-13-12(7-9)16(15(22)19-13)20(14(21)8-23-16)11-4-2-10(18)3-5-11/h1-7H,8H2,(H,19,22)/t16-/m1/s1. The van der Waals surface area contributed by atoms with Crippen LogP contribution < -0.4 is 10.2 Å². The smallest absolute Gasteiger partial charge is 0.266 e. The minimum atomic E-state index is -1.20. The lowest BCUT2D eigenvalue weighted by molar-refractivity contribution is -0.122. The number of nitrogens with zero attached hydrogens (tertiary/aromatic N) is 1. The summed E-state index contributed by atoms with van der Waals surface area (Å²) in [4.78, 5) is 25.4. The summed E-state index contributed by atoms with van der Waals surface area (Å²) in [5.41, 5.74) is 1.76. The first-order valence-electron chi connectivity index (χ1n) is 6.86. The molecule has 2 aliphatic heterocycles. The van der Waals surface area contributed by atoms with Crippen molar-refractivity contribution < 1.29 is 14.0 Å². The van der Waals surface area contributed by atoms with Crippen molar-refractivity contribution in [3.05, 3.63) is 58.9 Å². The third-order valence-electron chi connectivity index (χ3n) is 3.96. The van der Waals surface area contributed by atoms with E-state index in [0.717, 1.165) is 0 Å². The maximum absolute atomic E-state index is 13.2. The van der Waals surface area contributed by atoms with Crippen LogP contribution in [0.1, 0.15) is 5.56 Å². The number of benzene rings is 2. The fraction of sp³-hybridized carbons (Fsp3) is 0.125. The number of hydrogen-bond donors (Lipinski definition) is 1. The van der Waals surface area contributed by atoms with Gasteiger partial charge >= 0.3 is 0 Å². The number of nitrogens with one attached hydrogen (secondary N) is 1. The predicted molar refractivity (Wildman–Crippen MR) is 88.1 cm³/mol. The summed E-state index contributed by atoms with van der Waals surface area (Å²) in [5, 5.41) is 3.29. The molecule has 0 bridgehead atoms. The van der Waals surface area contributed by atoms with Crippen LogP contribution in [0.2, 0.25) is 5.02 Å². The second-order valence-corrected chi connectivity index (χ2v) is 6.89. The van der Waals surface area contributed by atoms with E-state index in [1.165, 1.54) is 40.9 Å². The molecule has 2 heterocycles. The average Bonchev–Trinajstić information content (AvgIpc) is 3.01. The fourth-order valence-electron chi connectivity index (χ4n) is 2.99. The molecule has 116 valence electrons. The molecule has 0 saturated carbocycles. The highest BCUT2D eigenvalue weighted by Crippen LogP contribution is 2.54. The maximum atomic E-state index is 13.2. The Bertz CT molecular complexity index is 842. The summed E-state index contributed by atoms with van der Waals surface area (Å²) in [6.07, 6.45) is 0. The molecule has 0 aliphatic carbocycles. The quantitative estimate of drug-likeness (QED) is 0.859. The van der Waals surface area contributed by atoms with Gasteiger partial charge in [0.15, 0.2) is 0 Å². The van der Waals surface area contributed by atoms with Crippen molar-refractivity contribution in [2.24, 2.45) is 0 Å². The number of halogens is 2. The van der Waals surface area contributed by atoms with Gasteiger partial charge in [0.25, 0.3) is 5.91 Å². The highest BCUT2D eigenvalue weighted by atomic mass is 35.5. The molecule has 2 aliphatic rings. The van der Waals surface area contributed by atoms with Gasteiger partial charge in [-0.1, -0.05) is 11.6 Å². The molecule has 1 fully saturated rings. The first-order valence-corrected chi connectivity index (χ1v) is 8.23.